The number of nitrogens with zero attached hydrogens (tertiary/aromatic N) is 3. The summed E-state index contributed by atoms with van der Waals surface area (Å²) >= 11 is 13.7. The van der Waals surface area contributed by atoms with Crippen LogP contribution in [0.1, 0.15) is 37.1 Å². The number of aromatic nitrogens is 3. The second-order valence-corrected chi connectivity index (χ2v) is 7.79. The summed E-state index contributed by atoms with van der Waals surface area (Å²) in [6, 6.07) is 0. The van der Waals surface area contributed by atoms with Gasteiger partial charge in [-0.3, -0.25) is 9.78 Å². The van der Waals surface area contributed by atoms with Crippen LogP contribution >= 0.6 is 35.0 Å². The number of rotatable bonds is 5. The molecule has 8 heteroatoms. The molecular formula is C17H17Cl2N3O2S. The minimum absolute atomic E-state index is 0.211. The molecule has 132 valence electrons. The number of hydrogen-bond acceptors (Lipinski definition) is 6. The van der Waals surface area contributed by atoms with Gasteiger partial charge < -0.3 is 4.74 Å². The molecule has 0 saturated heterocycles. The predicted molar refractivity (Wildman–Crippen MR) is 98.3 cm³/mol. The van der Waals surface area contributed by atoms with E-state index < -0.39 is 0 Å². The third kappa shape index (κ3) is 4.25. The number of esters is 1. The molecule has 2 aromatic heterocycles. The van der Waals surface area contributed by atoms with Crippen molar-refractivity contribution in [2.45, 2.75) is 44.0 Å². The Balaban J connectivity index is 1.83. The van der Waals surface area contributed by atoms with Crippen LogP contribution in [-0.2, 0) is 23.4 Å². The summed E-state index contributed by atoms with van der Waals surface area (Å²) < 4.78 is 5.49. The first-order valence-corrected chi connectivity index (χ1v) is 9.72. The number of hydrogen-bond donors (Lipinski definition) is 0. The van der Waals surface area contributed by atoms with E-state index in [9.17, 15) is 4.79 Å². The van der Waals surface area contributed by atoms with Crippen LogP contribution in [0.15, 0.2) is 17.6 Å². The van der Waals surface area contributed by atoms with E-state index >= 15 is 0 Å². The van der Waals surface area contributed by atoms with E-state index in [0.717, 1.165) is 36.1 Å². The molecule has 0 atom stereocenters. The Labute approximate surface area is 160 Å². The lowest BCUT2D eigenvalue weighted by Crippen LogP contribution is -2.17. The predicted octanol–water partition coefficient (Wildman–Crippen LogP) is 4.52. The Kier molecular flexibility index (Phi) is 5.81. The molecule has 2 heterocycles. The fourth-order valence-corrected chi connectivity index (χ4v) is 4.01. The molecule has 0 saturated carbocycles. The van der Waals surface area contributed by atoms with E-state index in [1.54, 1.807) is 26.2 Å². The first kappa shape index (κ1) is 18.4. The van der Waals surface area contributed by atoms with Crippen molar-refractivity contribution in [1.82, 2.24) is 15.0 Å². The van der Waals surface area contributed by atoms with Gasteiger partial charge in [0.25, 0.3) is 0 Å². The number of carbonyl (C=O) groups is 1. The lowest BCUT2D eigenvalue weighted by atomic mass is 10.2. The van der Waals surface area contributed by atoms with Crippen LogP contribution in [0.3, 0.4) is 0 Å². The second kappa shape index (κ2) is 7.89. The fraction of sp³-hybridized carbons (Fsp3) is 0.412. The number of pyridine rings is 1. The van der Waals surface area contributed by atoms with Gasteiger partial charge in [-0.05, 0) is 19.3 Å². The summed E-state index contributed by atoms with van der Waals surface area (Å²) in [5.41, 5.74) is 2.68. The zero-order valence-electron chi connectivity index (χ0n) is 13.9. The highest BCUT2D eigenvalue weighted by molar-refractivity contribution is 7.98. The van der Waals surface area contributed by atoms with Gasteiger partial charge in [0.05, 0.1) is 21.7 Å². The second-order valence-electron chi connectivity index (χ2n) is 6.04. The molecule has 1 aliphatic rings. The minimum Gasteiger partial charge on any atom is -0.407 e. The zero-order valence-corrected chi connectivity index (χ0v) is 16.2. The molecule has 1 aliphatic carbocycles. The van der Waals surface area contributed by atoms with Crippen molar-refractivity contribution in [3.05, 3.63) is 39.3 Å². The van der Waals surface area contributed by atoms with Crippen molar-refractivity contribution < 1.29 is 9.53 Å². The van der Waals surface area contributed by atoms with Crippen molar-refractivity contribution >= 4 is 40.9 Å². The Hall–Kier alpha value is -1.37. The van der Waals surface area contributed by atoms with Crippen LogP contribution in [0, 0.1) is 5.92 Å². The molecule has 2 aromatic rings. The number of fused-ring (bicyclic) bond motifs is 1. The van der Waals surface area contributed by atoms with Crippen LogP contribution in [0.2, 0.25) is 10.0 Å². The average molecular weight is 398 g/mol. The topological polar surface area (TPSA) is 65.0 Å². The number of ether oxygens (including phenoxy) is 1. The summed E-state index contributed by atoms with van der Waals surface area (Å²) in [6.07, 6.45) is 5.81. The van der Waals surface area contributed by atoms with Gasteiger partial charge in [-0.2, -0.15) is 4.98 Å². The first-order valence-electron chi connectivity index (χ1n) is 7.98. The molecule has 5 nitrogen and oxygen atoms in total. The molecule has 3 rings (SSSR count). The van der Waals surface area contributed by atoms with E-state index in [-0.39, 0.29) is 11.9 Å². The Morgan fingerprint density at radius 3 is 2.64 bits per heavy atom. The van der Waals surface area contributed by atoms with Crippen molar-refractivity contribution in [3.63, 3.8) is 0 Å². The maximum absolute atomic E-state index is 12.0. The van der Waals surface area contributed by atoms with Gasteiger partial charge in [0.1, 0.15) is 0 Å². The smallest absolute Gasteiger partial charge is 0.315 e. The Morgan fingerprint density at radius 1 is 1.24 bits per heavy atom. The highest BCUT2D eigenvalue weighted by Gasteiger charge is 2.23. The van der Waals surface area contributed by atoms with Gasteiger partial charge >= 0.3 is 5.97 Å². The molecule has 0 radical (unpaired) electrons. The zero-order chi connectivity index (χ0) is 18.0. The molecule has 25 heavy (non-hydrogen) atoms. The number of halogens is 2. The van der Waals surface area contributed by atoms with E-state index in [2.05, 4.69) is 15.0 Å². The van der Waals surface area contributed by atoms with Gasteiger partial charge in [0.15, 0.2) is 5.16 Å². The number of carbonyl (C=O) groups excluding carboxylic acids is 1. The lowest BCUT2D eigenvalue weighted by Gasteiger charge is -2.11. The number of aryl methyl sites for hydroxylation is 1. The molecule has 0 fully saturated rings. The normalized spacial score (nSPS) is 13.2. The summed E-state index contributed by atoms with van der Waals surface area (Å²) in [4.78, 5) is 25.0. The molecule has 0 aliphatic heterocycles. The largest absolute Gasteiger partial charge is 0.407 e. The van der Waals surface area contributed by atoms with Crippen LogP contribution in [-0.4, -0.2) is 20.9 Å². The Morgan fingerprint density at radius 2 is 1.96 bits per heavy atom. The minimum atomic E-state index is -0.288. The lowest BCUT2D eigenvalue weighted by molar-refractivity contribution is -0.138. The van der Waals surface area contributed by atoms with E-state index in [4.69, 9.17) is 27.9 Å². The van der Waals surface area contributed by atoms with E-state index in [0.29, 0.717) is 26.8 Å². The highest BCUT2D eigenvalue weighted by atomic mass is 35.5. The van der Waals surface area contributed by atoms with Crippen molar-refractivity contribution in [2.24, 2.45) is 5.92 Å². The van der Waals surface area contributed by atoms with Crippen LogP contribution in [0.5, 0.6) is 5.88 Å². The van der Waals surface area contributed by atoms with Crippen molar-refractivity contribution in [1.29, 1.82) is 0 Å². The van der Waals surface area contributed by atoms with Gasteiger partial charge in [-0.25, -0.2) is 4.98 Å². The fourth-order valence-electron chi connectivity index (χ4n) is 2.45. The molecular weight excluding hydrogens is 381 g/mol. The quantitative estimate of drug-likeness (QED) is 0.419. The maximum atomic E-state index is 12.0. The first-order chi connectivity index (χ1) is 12.0. The monoisotopic (exact) mass is 397 g/mol. The van der Waals surface area contributed by atoms with Gasteiger partial charge in [-0.1, -0.05) is 48.8 Å². The molecule has 0 amide bonds. The van der Waals surface area contributed by atoms with Crippen LogP contribution in [0.4, 0.5) is 0 Å². The van der Waals surface area contributed by atoms with Crippen molar-refractivity contribution in [2.75, 3.05) is 0 Å². The third-order valence-corrected chi connectivity index (χ3v) is 5.37. The SMILES string of the molecule is CC(C)C(=O)Oc1nc(SCc2c(Cl)cncc2Cl)nc2c1CCC2. The van der Waals surface area contributed by atoms with Crippen molar-refractivity contribution in [3.8, 4) is 5.88 Å². The summed E-state index contributed by atoms with van der Waals surface area (Å²) in [7, 11) is 0. The van der Waals surface area contributed by atoms with Crippen LogP contribution < -0.4 is 4.74 Å². The summed E-state index contributed by atoms with van der Waals surface area (Å²) in [6.45, 7) is 3.60. The highest BCUT2D eigenvalue weighted by Crippen LogP contribution is 2.34. The van der Waals surface area contributed by atoms with E-state index in [1.165, 1.54) is 11.8 Å². The summed E-state index contributed by atoms with van der Waals surface area (Å²) in [5, 5.41) is 1.57. The van der Waals surface area contributed by atoms with Gasteiger partial charge in [0.2, 0.25) is 5.88 Å². The van der Waals surface area contributed by atoms with Crippen LogP contribution in [0.25, 0.3) is 0 Å². The average Bonchev–Trinajstić information content (AvgIpc) is 3.03. The van der Waals surface area contributed by atoms with E-state index in [1.807, 2.05) is 0 Å². The third-order valence-electron chi connectivity index (χ3n) is 3.84. The maximum Gasteiger partial charge on any atom is 0.315 e. The molecule has 0 spiro atoms. The Bertz CT molecular complexity index is 794. The molecule has 0 bridgehead atoms. The standard InChI is InChI=1S/C17H17Cl2N3O2S/c1-9(2)16(23)24-15-10-4-3-5-14(10)21-17(22-15)25-8-11-12(18)6-20-7-13(11)19/h6-7,9H,3-5,8H2,1-2H3. The molecule has 0 N–H and O–H groups in total. The molecule has 0 unspecified atom stereocenters. The molecule has 0 aromatic carbocycles. The van der Waals surface area contributed by atoms with Gasteiger partial charge in [0, 0.05) is 29.3 Å². The van der Waals surface area contributed by atoms with Gasteiger partial charge in [-0.15, -0.1) is 0 Å². The number of thioether (sulfide) groups is 1. The summed E-state index contributed by atoms with van der Waals surface area (Å²) in [5.74, 6) is 0.397.